The summed E-state index contributed by atoms with van der Waals surface area (Å²) in [6.07, 6.45) is 7.92. The molecule has 1 saturated carbocycles. The van der Waals surface area contributed by atoms with E-state index in [1.54, 1.807) is 4.90 Å². The van der Waals surface area contributed by atoms with Crippen molar-refractivity contribution in [2.24, 2.45) is 0 Å². The summed E-state index contributed by atoms with van der Waals surface area (Å²) in [5.74, 6) is -0.0352. The molecule has 3 rings (SSSR count). The SMILES string of the molecule is CCN(CC)C(=O)c1cn(C2CCC(NCc3ccccn3)CC2)nn1. The number of hydrogen-bond acceptors (Lipinski definition) is 5. The van der Waals surface area contributed by atoms with Gasteiger partial charge in [0.05, 0.1) is 17.9 Å². The minimum Gasteiger partial charge on any atom is -0.338 e. The number of hydrogen-bond donors (Lipinski definition) is 1. The summed E-state index contributed by atoms with van der Waals surface area (Å²) in [5, 5.41) is 11.9. The van der Waals surface area contributed by atoms with Crippen LogP contribution < -0.4 is 5.32 Å². The number of carbonyl (C=O) groups excluding carboxylic acids is 1. The molecular formula is C19H28N6O. The fourth-order valence-electron chi connectivity index (χ4n) is 3.52. The average molecular weight is 356 g/mol. The second kappa shape index (κ2) is 8.89. The molecule has 7 heteroatoms. The van der Waals surface area contributed by atoms with Gasteiger partial charge in [0.25, 0.3) is 5.91 Å². The van der Waals surface area contributed by atoms with E-state index in [1.807, 2.05) is 49.1 Å². The van der Waals surface area contributed by atoms with Gasteiger partial charge in [0.2, 0.25) is 0 Å². The molecule has 0 aliphatic heterocycles. The van der Waals surface area contributed by atoms with Gasteiger partial charge in [-0.1, -0.05) is 11.3 Å². The van der Waals surface area contributed by atoms with Crippen molar-refractivity contribution in [2.75, 3.05) is 13.1 Å². The van der Waals surface area contributed by atoms with Gasteiger partial charge in [-0.2, -0.15) is 0 Å². The summed E-state index contributed by atoms with van der Waals surface area (Å²) in [7, 11) is 0. The van der Waals surface area contributed by atoms with E-state index in [0.717, 1.165) is 37.9 Å². The van der Waals surface area contributed by atoms with Gasteiger partial charge in [-0.05, 0) is 51.7 Å². The summed E-state index contributed by atoms with van der Waals surface area (Å²) in [6, 6.07) is 6.83. The van der Waals surface area contributed by atoms with Crippen LogP contribution in [0.4, 0.5) is 0 Å². The van der Waals surface area contributed by atoms with Crippen LogP contribution in [0.5, 0.6) is 0 Å². The Morgan fingerprint density at radius 3 is 2.65 bits per heavy atom. The fraction of sp³-hybridized carbons (Fsp3) is 0.579. The van der Waals surface area contributed by atoms with E-state index in [0.29, 0.717) is 30.9 Å². The Morgan fingerprint density at radius 2 is 2.00 bits per heavy atom. The van der Waals surface area contributed by atoms with E-state index in [9.17, 15) is 4.79 Å². The summed E-state index contributed by atoms with van der Waals surface area (Å²) >= 11 is 0. The molecular weight excluding hydrogens is 328 g/mol. The predicted molar refractivity (Wildman–Crippen MR) is 99.6 cm³/mol. The van der Waals surface area contributed by atoms with Gasteiger partial charge in [0.15, 0.2) is 5.69 Å². The smallest absolute Gasteiger partial charge is 0.276 e. The number of amides is 1. The third-order valence-electron chi connectivity index (χ3n) is 5.15. The van der Waals surface area contributed by atoms with Gasteiger partial charge >= 0.3 is 0 Å². The third-order valence-corrected chi connectivity index (χ3v) is 5.15. The zero-order valence-electron chi connectivity index (χ0n) is 15.6. The van der Waals surface area contributed by atoms with Crippen LogP contribution in [-0.2, 0) is 6.54 Å². The molecule has 1 N–H and O–H groups in total. The Bertz CT molecular complexity index is 689. The van der Waals surface area contributed by atoms with Gasteiger partial charge in [0, 0.05) is 31.9 Å². The zero-order valence-corrected chi connectivity index (χ0v) is 15.6. The molecule has 1 aliphatic rings. The number of pyridine rings is 1. The molecule has 7 nitrogen and oxygen atoms in total. The number of nitrogens with one attached hydrogen (secondary N) is 1. The molecule has 1 amide bonds. The molecule has 0 saturated heterocycles. The maximum absolute atomic E-state index is 12.4. The molecule has 0 spiro atoms. The van der Waals surface area contributed by atoms with Crippen LogP contribution in [0.25, 0.3) is 0 Å². The topological polar surface area (TPSA) is 75.9 Å². The molecule has 2 aromatic heterocycles. The van der Waals surface area contributed by atoms with E-state index >= 15 is 0 Å². The lowest BCUT2D eigenvalue weighted by atomic mass is 9.91. The van der Waals surface area contributed by atoms with Gasteiger partial charge in [-0.25, -0.2) is 4.68 Å². The predicted octanol–water partition coefficient (Wildman–Crippen LogP) is 2.43. The molecule has 0 radical (unpaired) electrons. The molecule has 26 heavy (non-hydrogen) atoms. The highest BCUT2D eigenvalue weighted by Crippen LogP contribution is 2.28. The highest BCUT2D eigenvalue weighted by atomic mass is 16.2. The molecule has 2 aromatic rings. The lowest BCUT2D eigenvalue weighted by molar-refractivity contribution is 0.0767. The highest BCUT2D eigenvalue weighted by Gasteiger charge is 2.24. The summed E-state index contributed by atoms with van der Waals surface area (Å²) in [4.78, 5) is 18.5. The van der Waals surface area contributed by atoms with Crippen LogP contribution in [0.15, 0.2) is 30.6 Å². The Labute approximate surface area is 154 Å². The van der Waals surface area contributed by atoms with Crippen molar-refractivity contribution in [1.29, 1.82) is 0 Å². The van der Waals surface area contributed by atoms with E-state index in [1.165, 1.54) is 0 Å². The van der Waals surface area contributed by atoms with Crippen molar-refractivity contribution in [3.8, 4) is 0 Å². The molecule has 0 unspecified atom stereocenters. The minimum absolute atomic E-state index is 0.0352. The Kier molecular flexibility index (Phi) is 6.33. The number of rotatable bonds is 7. The standard InChI is InChI=1S/C19H28N6O/c1-3-24(4-2)19(26)18-14-25(23-22-18)17-10-8-15(9-11-17)21-13-16-7-5-6-12-20-16/h5-7,12,14-15,17,21H,3-4,8-11,13H2,1-2H3. The minimum atomic E-state index is -0.0352. The first-order valence-corrected chi connectivity index (χ1v) is 9.55. The molecule has 1 fully saturated rings. The first-order valence-electron chi connectivity index (χ1n) is 9.55. The van der Waals surface area contributed by atoms with Crippen LogP contribution in [0, 0.1) is 0 Å². The maximum Gasteiger partial charge on any atom is 0.276 e. The average Bonchev–Trinajstić information content (AvgIpc) is 3.19. The van der Waals surface area contributed by atoms with Crippen molar-refractivity contribution < 1.29 is 4.79 Å². The number of carbonyl (C=O) groups is 1. The summed E-state index contributed by atoms with van der Waals surface area (Å²) in [5.41, 5.74) is 1.52. The second-order valence-electron chi connectivity index (χ2n) is 6.77. The van der Waals surface area contributed by atoms with Gasteiger partial charge < -0.3 is 10.2 Å². The summed E-state index contributed by atoms with van der Waals surface area (Å²) in [6.45, 7) is 6.14. The van der Waals surface area contributed by atoms with E-state index in [2.05, 4.69) is 20.6 Å². The van der Waals surface area contributed by atoms with Crippen molar-refractivity contribution in [2.45, 2.75) is 58.2 Å². The van der Waals surface area contributed by atoms with Crippen molar-refractivity contribution >= 4 is 5.91 Å². The maximum atomic E-state index is 12.4. The van der Waals surface area contributed by atoms with Crippen LogP contribution in [0.3, 0.4) is 0 Å². The van der Waals surface area contributed by atoms with Gasteiger partial charge in [-0.15, -0.1) is 5.10 Å². The van der Waals surface area contributed by atoms with Crippen LogP contribution in [-0.4, -0.2) is 49.9 Å². The molecule has 140 valence electrons. The number of nitrogens with zero attached hydrogens (tertiary/aromatic N) is 5. The first-order chi connectivity index (χ1) is 12.7. The lowest BCUT2D eigenvalue weighted by Crippen LogP contribution is -2.33. The van der Waals surface area contributed by atoms with Crippen molar-refractivity contribution in [1.82, 2.24) is 30.2 Å². The number of aromatic nitrogens is 4. The quantitative estimate of drug-likeness (QED) is 0.824. The molecule has 0 bridgehead atoms. The monoisotopic (exact) mass is 356 g/mol. The fourth-order valence-corrected chi connectivity index (χ4v) is 3.52. The Hall–Kier alpha value is -2.28. The molecule has 1 aliphatic carbocycles. The third kappa shape index (κ3) is 4.46. The Balaban J connectivity index is 1.50. The van der Waals surface area contributed by atoms with Crippen LogP contribution in [0.2, 0.25) is 0 Å². The highest BCUT2D eigenvalue weighted by molar-refractivity contribution is 5.91. The molecule has 0 aromatic carbocycles. The van der Waals surface area contributed by atoms with Crippen molar-refractivity contribution in [3.05, 3.63) is 42.0 Å². The molecule has 2 heterocycles. The van der Waals surface area contributed by atoms with E-state index in [-0.39, 0.29) is 5.91 Å². The normalized spacial score (nSPS) is 20.1. The van der Waals surface area contributed by atoms with Crippen molar-refractivity contribution in [3.63, 3.8) is 0 Å². The van der Waals surface area contributed by atoms with Gasteiger partial charge in [0.1, 0.15) is 0 Å². The lowest BCUT2D eigenvalue weighted by Gasteiger charge is -2.29. The summed E-state index contributed by atoms with van der Waals surface area (Å²) < 4.78 is 1.88. The second-order valence-corrected chi connectivity index (χ2v) is 6.77. The van der Waals surface area contributed by atoms with Gasteiger partial charge in [-0.3, -0.25) is 9.78 Å². The first kappa shape index (κ1) is 18.5. The largest absolute Gasteiger partial charge is 0.338 e. The zero-order chi connectivity index (χ0) is 18.4. The van der Waals surface area contributed by atoms with E-state index < -0.39 is 0 Å². The van der Waals surface area contributed by atoms with Crippen LogP contribution >= 0.6 is 0 Å². The Morgan fingerprint density at radius 1 is 1.23 bits per heavy atom. The van der Waals surface area contributed by atoms with E-state index in [4.69, 9.17) is 0 Å². The van der Waals surface area contributed by atoms with Crippen LogP contribution in [0.1, 0.15) is 61.8 Å². The molecule has 0 atom stereocenters.